The van der Waals surface area contributed by atoms with Crippen LogP contribution in [0.5, 0.6) is 5.75 Å². The summed E-state index contributed by atoms with van der Waals surface area (Å²) in [6.07, 6.45) is -3.72. The van der Waals surface area contributed by atoms with E-state index < -0.39 is 66.4 Å². The first-order valence-electron chi connectivity index (χ1n) is 16.0. The third-order valence-electron chi connectivity index (χ3n) is 9.44. The molecule has 2 aliphatic rings. The molecule has 6 rings (SSSR count). The van der Waals surface area contributed by atoms with Crippen molar-refractivity contribution in [2.75, 3.05) is 13.2 Å². The molecule has 1 unspecified atom stereocenters. The summed E-state index contributed by atoms with van der Waals surface area (Å²) < 4.78 is 19.6. The summed E-state index contributed by atoms with van der Waals surface area (Å²) in [5.41, 5.74) is -2.00. The van der Waals surface area contributed by atoms with Gasteiger partial charge in [-0.25, -0.2) is 4.79 Å². The largest absolute Gasteiger partial charge is 0.490 e. The number of benzene rings is 3. The Hall–Kier alpha value is -4.66. The number of aliphatic hydroxyl groups excluding tert-OH is 2. The van der Waals surface area contributed by atoms with Crippen LogP contribution in [0.2, 0.25) is 5.04 Å². The molecule has 0 radical (unpaired) electrons. The maximum atomic E-state index is 13.1. The highest BCUT2D eigenvalue weighted by Gasteiger charge is 2.60. The van der Waals surface area contributed by atoms with Crippen LogP contribution in [0.4, 0.5) is 0 Å². The van der Waals surface area contributed by atoms with E-state index in [0.717, 1.165) is 14.9 Å². The molecule has 2 amide bonds. The number of fused-ring (bicyclic) bond motifs is 1. The van der Waals surface area contributed by atoms with Gasteiger partial charge in [0.05, 0.1) is 23.5 Å². The van der Waals surface area contributed by atoms with Gasteiger partial charge < -0.3 is 24.4 Å². The van der Waals surface area contributed by atoms with E-state index in [0.29, 0.717) is 0 Å². The molecule has 0 bridgehead atoms. The molecule has 13 heteroatoms. The highest BCUT2D eigenvalue weighted by Crippen LogP contribution is 2.43. The second-order valence-corrected chi connectivity index (χ2v) is 18.2. The first-order chi connectivity index (χ1) is 23.4. The van der Waals surface area contributed by atoms with Crippen LogP contribution in [0.1, 0.15) is 53.3 Å². The smallest absolute Gasteiger partial charge is 0.330 e. The van der Waals surface area contributed by atoms with Gasteiger partial charge in [0.25, 0.3) is 17.4 Å². The van der Waals surface area contributed by atoms with Gasteiger partial charge in [0.2, 0.25) is 0 Å². The van der Waals surface area contributed by atoms with Crippen molar-refractivity contribution in [3.63, 3.8) is 0 Å². The number of ether oxygens (including phenoxy) is 3. The molecule has 49 heavy (non-hydrogen) atoms. The summed E-state index contributed by atoms with van der Waals surface area (Å²) in [5, 5.41) is 28.3. The van der Waals surface area contributed by atoms with Crippen molar-refractivity contribution in [2.24, 2.45) is 0 Å². The van der Waals surface area contributed by atoms with Crippen molar-refractivity contribution in [2.45, 2.75) is 63.0 Å². The van der Waals surface area contributed by atoms with Gasteiger partial charge in [0, 0.05) is 11.8 Å². The summed E-state index contributed by atoms with van der Waals surface area (Å²) in [4.78, 5) is 52.1. The van der Waals surface area contributed by atoms with Crippen LogP contribution in [0.15, 0.2) is 94.6 Å². The highest BCUT2D eigenvalue weighted by molar-refractivity contribution is 7.05. The average molecular weight is 686 g/mol. The Morgan fingerprint density at radius 2 is 1.53 bits per heavy atom. The number of aryl methyl sites for hydroxylation is 1. The van der Waals surface area contributed by atoms with Crippen LogP contribution in [0.3, 0.4) is 0 Å². The van der Waals surface area contributed by atoms with Gasteiger partial charge in [-0.2, -0.15) is 0 Å². The Kier molecular flexibility index (Phi) is 9.31. The minimum absolute atomic E-state index is 0.0880. The standard InChI is InChI=1S/C36H39N3O9Si/c1-21-20-39(35(45)38-30(21)41)33-28(47-19-18-46-25-17-11-16-24-26(25)32(43)37-31(24)42)27(40)29(48-33)34(44)49(36(2,3)4,22-12-7-5-8-13-22)23-14-9-6-10-15-23/h5-17,20,27-29,33-34,40,44H,18-19H2,1-4H3,(H,37,42,43)(H,38,41,45)/t27-,28+,29-,33+,34?/m0/s1. The first-order valence-corrected chi connectivity index (χ1v) is 18.1. The Labute approximate surface area is 283 Å². The SMILES string of the molecule is Cc1cn([C@@H]2O[C@H](C(O)[Si](c3ccccc3)(c3ccccc3)C(C)(C)C)[C@@H](O)[C@H]2OCCOc2cccc3c2C(=O)NC3=O)c(=O)[nH]c1=O. The number of aliphatic hydroxyl groups is 2. The number of nitrogens with zero attached hydrogens (tertiary/aromatic N) is 1. The monoisotopic (exact) mass is 685 g/mol. The molecule has 5 atom stereocenters. The van der Waals surface area contributed by atoms with E-state index in [-0.39, 0.29) is 35.7 Å². The van der Waals surface area contributed by atoms with Crippen molar-refractivity contribution in [3.05, 3.63) is 123 Å². The van der Waals surface area contributed by atoms with Crippen LogP contribution in [-0.2, 0) is 9.47 Å². The van der Waals surface area contributed by atoms with E-state index in [2.05, 4.69) is 31.1 Å². The van der Waals surface area contributed by atoms with Gasteiger partial charge in [-0.05, 0) is 24.1 Å². The van der Waals surface area contributed by atoms with Gasteiger partial charge >= 0.3 is 5.69 Å². The number of rotatable bonds is 10. The molecule has 1 fully saturated rings. The van der Waals surface area contributed by atoms with E-state index in [9.17, 15) is 29.4 Å². The zero-order valence-corrected chi connectivity index (χ0v) is 28.6. The Bertz CT molecular complexity index is 1930. The normalized spacial score (nSPS) is 21.3. The topological polar surface area (TPSA) is 169 Å². The second-order valence-electron chi connectivity index (χ2n) is 13.3. The van der Waals surface area contributed by atoms with Gasteiger partial charge in [-0.15, -0.1) is 0 Å². The lowest BCUT2D eigenvalue weighted by atomic mass is 10.1. The zero-order valence-electron chi connectivity index (χ0n) is 27.6. The van der Waals surface area contributed by atoms with E-state index in [4.69, 9.17) is 14.2 Å². The first kappa shape index (κ1) is 34.2. The van der Waals surface area contributed by atoms with E-state index in [1.165, 1.54) is 19.2 Å². The Morgan fingerprint density at radius 1 is 0.898 bits per heavy atom. The summed E-state index contributed by atoms with van der Waals surface area (Å²) in [6, 6.07) is 24.1. The zero-order chi connectivity index (χ0) is 35.1. The maximum Gasteiger partial charge on any atom is 0.330 e. The van der Waals surface area contributed by atoms with Gasteiger partial charge in [-0.3, -0.25) is 29.3 Å². The summed E-state index contributed by atoms with van der Waals surface area (Å²) in [7, 11) is -3.28. The molecule has 4 N–H and O–H groups in total. The molecule has 0 saturated carbocycles. The number of carbonyl (C=O) groups is 2. The molecule has 4 aromatic rings. The molecule has 12 nitrogen and oxygen atoms in total. The lowest BCUT2D eigenvalue weighted by Gasteiger charge is -2.48. The number of aromatic nitrogens is 2. The molecule has 256 valence electrons. The van der Waals surface area contributed by atoms with Crippen molar-refractivity contribution < 1.29 is 34.0 Å². The van der Waals surface area contributed by atoms with Crippen molar-refractivity contribution in [1.29, 1.82) is 0 Å². The summed E-state index contributed by atoms with van der Waals surface area (Å²) >= 11 is 0. The minimum atomic E-state index is -3.28. The molecule has 1 aromatic heterocycles. The van der Waals surface area contributed by atoms with E-state index in [1.807, 2.05) is 60.7 Å². The number of hydrogen-bond acceptors (Lipinski definition) is 9. The predicted molar refractivity (Wildman–Crippen MR) is 183 cm³/mol. The third kappa shape index (κ3) is 5.97. The lowest BCUT2D eigenvalue weighted by Crippen LogP contribution is -2.75. The fourth-order valence-corrected chi connectivity index (χ4v) is 13.1. The molecule has 3 aromatic carbocycles. The molecule has 1 saturated heterocycles. The van der Waals surface area contributed by atoms with Crippen LogP contribution in [0.25, 0.3) is 0 Å². The predicted octanol–water partition coefficient (Wildman–Crippen LogP) is 1.41. The number of hydrogen-bond donors (Lipinski definition) is 4. The lowest BCUT2D eigenvalue weighted by molar-refractivity contribution is -0.0823. The molecular weight excluding hydrogens is 646 g/mol. The molecule has 3 heterocycles. The van der Waals surface area contributed by atoms with Crippen molar-refractivity contribution in [3.8, 4) is 5.75 Å². The molecule has 0 aliphatic carbocycles. The second kappa shape index (κ2) is 13.3. The number of imide groups is 1. The van der Waals surface area contributed by atoms with Gasteiger partial charge in [-0.1, -0.05) is 97.9 Å². The van der Waals surface area contributed by atoms with Crippen molar-refractivity contribution in [1.82, 2.24) is 14.9 Å². The number of amides is 2. The van der Waals surface area contributed by atoms with Gasteiger partial charge in [0.1, 0.15) is 30.7 Å². The molecule has 0 spiro atoms. The summed E-state index contributed by atoms with van der Waals surface area (Å²) in [5.74, 6) is -0.885. The Balaban J connectivity index is 1.36. The van der Waals surface area contributed by atoms with Crippen LogP contribution < -0.4 is 31.7 Å². The molecule has 2 aliphatic heterocycles. The van der Waals surface area contributed by atoms with Crippen molar-refractivity contribution >= 4 is 30.3 Å². The van der Waals surface area contributed by atoms with Gasteiger partial charge in [0.15, 0.2) is 14.3 Å². The number of aromatic amines is 1. The molecular formula is C36H39N3O9Si. The van der Waals surface area contributed by atoms with Crippen LogP contribution >= 0.6 is 0 Å². The highest BCUT2D eigenvalue weighted by atomic mass is 28.3. The maximum absolute atomic E-state index is 13.1. The number of carbonyl (C=O) groups excluding carboxylic acids is 2. The van der Waals surface area contributed by atoms with E-state index >= 15 is 0 Å². The van der Waals surface area contributed by atoms with E-state index in [1.54, 1.807) is 12.1 Å². The summed E-state index contributed by atoms with van der Waals surface area (Å²) in [6.45, 7) is 7.52. The minimum Gasteiger partial charge on any atom is -0.490 e. The quantitative estimate of drug-likeness (QED) is 0.110. The fourth-order valence-electron chi connectivity index (χ4n) is 7.23. The number of nitrogens with one attached hydrogen (secondary N) is 2. The van der Waals surface area contributed by atoms with Crippen LogP contribution in [0, 0.1) is 6.92 Å². The average Bonchev–Trinajstić information content (AvgIpc) is 3.56. The Morgan fingerprint density at radius 3 is 2.14 bits per heavy atom. The van der Waals surface area contributed by atoms with Crippen LogP contribution in [-0.4, -0.2) is 76.9 Å². The third-order valence-corrected chi connectivity index (χ3v) is 15.5. The fraction of sp³-hybridized carbons (Fsp3) is 0.333. The number of H-pyrrole nitrogens is 1.